The smallest absolute Gasteiger partial charge is 1.00 e. The fourth-order valence-electron chi connectivity index (χ4n) is 0.928. The fraction of sp³-hybridized carbons (Fsp3) is 0.545. The van der Waals surface area contributed by atoms with Gasteiger partial charge in [-0.2, -0.15) is 12.8 Å². The second-order valence-corrected chi connectivity index (χ2v) is 2.68. The Kier molecular flexibility index (Phi) is 27.0. The Balaban J connectivity index is -0.000000500. The summed E-state index contributed by atoms with van der Waals surface area (Å²) < 4.78 is 0. The van der Waals surface area contributed by atoms with Gasteiger partial charge in [0, 0.05) is 0 Å². The van der Waals surface area contributed by atoms with Gasteiger partial charge in [0.1, 0.15) is 0 Å². The predicted molar refractivity (Wildman–Crippen MR) is 58.2 cm³/mol. The van der Waals surface area contributed by atoms with Crippen molar-refractivity contribution in [2.75, 3.05) is 0 Å². The molecule has 0 heterocycles. The van der Waals surface area contributed by atoms with Crippen molar-refractivity contribution in [3.05, 3.63) is 31.2 Å². The molecule has 0 unspecified atom stereocenters. The molecule has 0 amide bonds. The van der Waals surface area contributed by atoms with Crippen LogP contribution in [0.25, 0.3) is 0 Å². The van der Waals surface area contributed by atoms with Crippen LogP contribution in [0.3, 0.4) is 0 Å². The van der Waals surface area contributed by atoms with Crippen molar-refractivity contribution < 1.29 is 12.4 Å². The largest absolute Gasteiger partial charge is 2.00 e. The zero-order valence-corrected chi connectivity index (χ0v) is 10.8. The van der Waals surface area contributed by atoms with Crippen LogP contribution in [0.15, 0.2) is 24.8 Å². The number of allylic oxidation sites excluding steroid dienone is 3. The van der Waals surface area contributed by atoms with Crippen molar-refractivity contribution in [3.8, 4) is 0 Å². The van der Waals surface area contributed by atoms with Gasteiger partial charge < -0.3 is 18.8 Å². The van der Waals surface area contributed by atoms with E-state index in [1.54, 1.807) is 0 Å². The molecule has 0 nitrogen and oxygen atoms in total. The van der Waals surface area contributed by atoms with Gasteiger partial charge in [0.15, 0.2) is 0 Å². The van der Waals surface area contributed by atoms with Gasteiger partial charge in [-0.1, -0.05) is 44.9 Å². The minimum Gasteiger partial charge on any atom is -1.00 e. The van der Waals surface area contributed by atoms with Crippen LogP contribution in [0.1, 0.15) is 39.0 Å². The van der Waals surface area contributed by atoms with Gasteiger partial charge >= 0.3 is 23.1 Å². The Morgan fingerprint density at radius 2 is 2.00 bits per heavy atom. The summed E-state index contributed by atoms with van der Waals surface area (Å²) in [5, 5.41) is 0. The van der Waals surface area contributed by atoms with Crippen LogP contribution in [0.2, 0.25) is 0 Å². The molecule has 0 aliphatic rings. The Morgan fingerprint density at radius 1 is 1.31 bits per heavy atom. The molecule has 0 N–H and O–H groups in total. The van der Waals surface area contributed by atoms with Crippen LogP contribution in [-0.4, -0.2) is 23.1 Å². The van der Waals surface area contributed by atoms with Crippen molar-refractivity contribution in [1.29, 1.82) is 0 Å². The number of halogens is 1. The molecule has 0 bridgehead atoms. The average molecular weight is 211 g/mol. The van der Waals surface area contributed by atoms with Crippen molar-refractivity contribution in [2.24, 2.45) is 0 Å². The molecular formula is C11H19ClMg. The van der Waals surface area contributed by atoms with E-state index in [0.717, 1.165) is 6.42 Å². The van der Waals surface area contributed by atoms with Gasteiger partial charge in [-0.15, -0.1) is 6.08 Å². The topological polar surface area (TPSA) is 0 Å². The van der Waals surface area contributed by atoms with Crippen molar-refractivity contribution >= 4 is 23.1 Å². The molecule has 0 aliphatic carbocycles. The minimum absolute atomic E-state index is 0. The Hall–Kier alpha value is 0.536. The van der Waals surface area contributed by atoms with Crippen LogP contribution >= 0.6 is 0 Å². The van der Waals surface area contributed by atoms with Gasteiger partial charge in [-0.25, -0.2) is 0 Å². The van der Waals surface area contributed by atoms with Crippen LogP contribution in [0.5, 0.6) is 0 Å². The molecule has 72 valence electrons. The third kappa shape index (κ3) is 19.1. The van der Waals surface area contributed by atoms with E-state index in [1.165, 1.54) is 25.7 Å². The minimum atomic E-state index is 0. The van der Waals surface area contributed by atoms with Gasteiger partial charge in [-0.3, -0.25) is 0 Å². The molecular weight excluding hydrogens is 192 g/mol. The van der Waals surface area contributed by atoms with Gasteiger partial charge in [0.2, 0.25) is 0 Å². The van der Waals surface area contributed by atoms with E-state index < -0.39 is 0 Å². The van der Waals surface area contributed by atoms with E-state index >= 15 is 0 Å². The first-order valence-electron chi connectivity index (χ1n) is 4.51. The van der Waals surface area contributed by atoms with Crippen molar-refractivity contribution in [2.45, 2.75) is 39.0 Å². The van der Waals surface area contributed by atoms with E-state index in [-0.39, 0.29) is 35.5 Å². The molecule has 0 saturated carbocycles. The number of unbranched alkanes of at least 4 members (excludes halogenated alkanes) is 5. The van der Waals surface area contributed by atoms with E-state index in [0.29, 0.717) is 0 Å². The van der Waals surface area contributed by atoms with E-state index in [1.807, 2.05) is 12.2 Å². The standard InChI is InChI=1S/C11H19.ClH.Mg/c1-3-5-7-9-11-10-8-6-4-2;;/h3,5,7,11H,1,4,6,8-10H2,2H3;1H;/q-1;;+2/p-1. The molecule has 2 heteroatoms. The van der Waals surface area contributed by atoms with Crippen molar-refractivity contribution in [1.82, 2.24) is 0 Å². The zero-order valence-electron chi connectivity index (χ0n) is 8.64. The molecule has 0 aliphatic heterocycles. The predicted octanol–water partition coefficient (Wildman–Crippen LogP) is 0.526. The Bertz CT molecular complexity index is 111. The molecule has 0 rings (SSSR count). The van der Waals surface area contributed by atoms with E-state index in [4.69, 9.17) is 0 Å². The molecule has 13 heavy (non-hydrogen) atoms. The summed E-state index contributed by atoms with van der Waals surface area (Å²) in [5.74, 6) is 0. The van der Waals surface area contributed by atoms with E-state index in [9.17, 15) is 0 Å². The van der Waals surface area contributed by atoms with Crippen LogP contribution in [0.4, 0.5) is 0 Å². The molecule has 0 spiro atoms. The van der Waals surface area contributed by atoms with E-state index in [2.05, 4.69) is 26.0 Å². The molecule has 0 aromatic carbocycles. The summed E-state index contributed by atoms with van der Waals surface area (Å²) in [5.41, 5.74) is 0. The van der Waals surface area contributed by atoms with Gasteiger partial charge in [-0.05, 0) is 0 Å². The first-order valence-corrected chi connectivity index (χ1v) is 4.51. The van der Waals surface area contributed by atoms with Crippen LogP contribution < -0.4 is 12.4 Å². The van der Waals surface area contributed by atoms with Crippen LogP contribution in [-0.2, 0) is 0 Å². The first kappa shape index (κ1) is 19.2. The summed E-state index contributed by atoms with van der Waals surface area (Å²) in [7, 11) is 0. The second-order valence-electron chi connectivity index (χ2n) is 2.68. The third-order valence-electron chi connectivity index (χ3n) is 1.59. The molecule has 0 aromatic heterocycles. The Labute approximate surface area is 105 Å². The Morgan fingerprint density at radius 3 is 2.54 bits per heavy atom. The van der Waals surface area contributed by atoms with Gasteiger partial charge in [0.05, 0.1) is 0 Å². The maximum atomic E-state index is 3.61. The average Bonchev–Trinajstić information content (AvgIpc) is 2.03. The summed E-state index contributed by atoms with van der Waals surface area (Å²) in [6.07, 6.45) is 14.7. The number of rotatable bonds is 7. The summed E-state index contributed by atoms with van der Waals surface area (Å²) in [6, 6.07) is 0. The zero-order chi connectivity index (χ0) is 8.36. The second kappa shape index (κ2) is 18.3. The SMILES string of the molecule is C=CC=CC[CH-]CCCCC.[Cl-].[Mg+2]. The molecule has 0 atom stereocenters. The van der Waals surface area contributed by atoms with Crippen LogP contribution in [0, 0.1) is 6.42 Å². The normalized spacial score (nSPS) is 9.00. The maximum Gasteiger partial charge on any atom is 2.00 e. The monoisotopic (exact) mass is 210 g/mol. The van der Waals surface area contributed by atoms with Crippen molar-refractivity contribution in [3.63, 3.8) is 0 Å². The number of hydrogen-bond donors (Lipinski definition) is 0. The first-order chi connectivity index (χ1) is 5.41. The molecule has 0 fully saturated rings. The molecule has 0 aromatic rings. The summed E-state index contributed by atoms with van der Waals surface area (Å²) >= 11 is 0. The molecule has 0 saturated heterocycles. The maximum absolute atomic E-state index is 3.61. The third-order valence-corrected chi connectivity index (χ3v) is 1.59. The molecule has 0 radical (unpaired) electrons. The quantitative estimate of drug-likeness (QED) is 0.249. The summed E-state index contributed by atoms with van der Waals surface area (Å²) in [6.45, 7) is 5.84. The number of hydrogen-bond acceptors (Lipinski definition) is 0. The summed E-state index contributed by atoms with van der Waals surface area (Å²) in [4.78, 5) is 0. The fourth-order valence-corrected chi connectivity index (χ4v) is 0.928. The van der Waals surface area contributed by atoms with Gasteiger partial charge in [0.25, 0.3) is 0 Å².